The third-order valence-corrected chi connectivity index (χ3v) is 5.89. The summed E-state index contributed by atoms with van der Waals surface area (Å²) in [4.78, 5) is 21.8. The molecular weight excluding hydrogens is 460 g/mol. The van der Waals surface area contributed by atoms with E-state index in [4.69, 9.17) is 4.42 Å². The molecule has 1 atom stereocenters. The van der Waals surface area contributed by atoms with Crippen LogP contribution in [0.2, 0.25) is 0 Å². The molecule has 0 spiro atoms. The summed E-state index contributed by atoms with van der Waals surface area (Å²) < 4.78 is 8.83. The van der Waals surface area contributed by atoms with E-state index in [1.165, 1.54) is 6.39 Å². The summed E-state index contributed by atoms with van der Waals surface area (Å²) in [6.45, 7) is 3.87. The highest BCUT2D eigenvalue weighted by Crippen LogP contribution is 2.31. The molecule has 0 aliphatic carbocycles. The van der Waals surface area contributed by atoms with Gasteiger partial charge in [0.2, 0.25) is 6.39 Å². The molecule has 1 aromatic carbocycles. The zero-order chi connectivity index (χ0) is 25.2. The number of nitrogens with zero attached hydrogens (tertiary/aromatic N) is 6. The van der Waals surface area contributed by atoms with Crippen LogP contribution in [0.3, 0.4) is 0 Å². The van der Waals surface area contributed by atoms with Gasteiger partial charge in [-0.05, 0) is 31.5 Å². The standard InChI is InChI=1S/C25H26N8O3/c1-15(2)33-23-17(25(35)32(33)3)9-10-21(30-23)29-22-11-19(18(12-26-22)24-31-27-14-36-24)28-20(13-34)16-7-5-4-6-8-16/h4-12,14-15,20,34H,13H2,1-3H3,(H2,26,28,29,30)/t20-/m1/s1. The van der Waals surface area contributed by atoms with E-state index in [2.05, 4.69) is 30.8 Å². The Bertz CT molecular complexity index is 1540. The Balaban J connectivity index is 1.52. The van der Waals surface area contributed by atoms with Crippen molar-refractivity contribution in [3.05, 3.63) is 77.0 Å². The minimum Gasteiger partial charge on any atom is -0.423 e. The minimum atomic E-state index is -0.373. The molecule has 0 aliphatic heterocycles. The van der Waals surface area contributed by atoms with Gasteiger partial charge in [-0.25, -0.2) is 9.97 Å². The number of aliphatic hydroxyl groups excluding tert-OH is 1. The number of aromatic nitrogens is 6. The second kappa shape index (κ2) is 9.62. The first kappa shape index (κ1) is 23.2. The molecule has 4 heterocycles. The Morgan fingerprint density at radius 3 is 2.61 bits per heavy atom. The van der Waals surface area contributed by atoms with Gasteiger partial charge in [0.1, 0.15) is 11.6 Å². The van der Waals surface area contributed by atoms with Crippen LogP contribution in [-0.4, -0.2) is 41.2 Å². The van der Waals surface area contributed by atoms with Crippen LogP contribution in [0.1, 0.15) is 31.5 Å². The number of benzene rings is 1. The number of anilines is 3. The number of hydrogen-bond donors (Lipinski definition) is 3. The van der Waals surface area contributed by atoms with Gasteiger partial charge in [-0.2, -0.15) is 0 Å². The molecule has 11 heteroatoms. The molecule has 5 rings (SSSR count). The second-order valence-corrected chi connectivity index (χ2v) is 8.61. The molecule has 0 radical (unpaired) electrons. The van der Waals surface area contributed by atoms with Crippen LogP contribution < -0.4 is 16.2 Å². The molecule has 3 N–H and O–H groups in total. The molecule has 0 amide bonds. The van der Waals surface area contributed by atoms with Crippen molar-refractivity contribution in [2.24, 2.45) is 7.05 Å². The number of hydrogen-bond acceptors (Lipinski definition) is 9. The van der Waals surface area contributed by atoms with E-state index in [9.17, 15) is 9.90 Å². The van der Waals surface area contributed by atoms with Gasteiger partial charge in [-0.1, -0.05) is 30.3 Å². The summed E-state index contributed by atoms with van der Waals surface area (Å²) in [6, 6.07) is 14.6. The summed E-state index contributed by atoms with van der Waals surface area (Å²) in [5.74, 6) is 1.34. The van der Waals surface area contributed by atoms with E-state index in [-0.39, 0.29) is 24.2 Å². The van der Waals surface area contributed by atoms with Gasteiger partial charge in [0, 0.05) is 25.4 Å². The summed E-state index contributed by atoms with van der Waals surface area (Å²) in [5.41, 5.74) is 2.65. The Morgan fingerprint density at radius 1 is 1.11 bits per heavy atom. The number of fused-ring (bicyclic) bond motifs is 1. The van der Waals surface area contributed by atoms with Crippen molar-refractivity contribution >= 4 is 28.4 Å². The fourth-order valence-corrected chi connectivity index (χ4v) is 4.21. The van der Waals surface area contributed by atoms with Crippen molar-refractivity contribution in [1.82, 2.24) is 29.5 Å². The lowest BCUT2D eigenvalue weighted by atomic mass is 10.1. The quantitative estimate of drug-likeness (QED) is 0.300. The SMILES string of the molecule is CC(C)n1c2nc(Nc3cc(N[C@H](CO)c4ccccc4)c(-c4nnco4)cn3)ccc2c(=O)n1C. The maximum absolute atomic E-state index is 12.6. The van der Waals surface area contributed by atoms with Crippen molar-refractivity contribution in [2.45, 2.75) is 25.9 Å². The van der Waals surface area contributed by atoms with Gasteiger partial charge < -0.3 is 20.2 Å². The van der Waals surface area contributed by atoms with Crippen molar-refractivity contribution in [3.63, 3.8) is 0 Å². The maximum atomic E-state index is 12.6. The molecule has 36 heavy (non-hydrogen) atoms. The van der Waals surface area contributed by atoms with Crippen molar-refractivity contribution < 1.29 is 9.52 Å². The van der Waals surface area contributed by atoms with Crippen molar-refractivity contribution in [1.29, 1.82) is 0 Å². The highest BCUT2D eigenvalue weighted by atomic mass is 16.4. The average molecular weight is 487 g/mol. The number of nitrogens with one attached hydrogen (secondary N) is 2. The highest BCUT2D eigenvalue weighted by molar-refractivity contribution is 5.79. The lowest BCUT2D eigenvalue weighted by Gasteiger charge is -2.20. The molecule has 0 fully saturated rings. The van der Waals surface area contributed by atoms with Crippen molar-refractivity contribution in [2.75, 3.05) is 17.2 Å². The molecule has 11 nitrogen and oxygen atoms in total. The van der Waals surface area contributed by atoms with Crippen LogP contribution in [0.25, 0.3) is 22.5 Å². The van der Waals surface area contributed by atoms with E-state index >= 15 is 0 Å². The van der Waals surface area contributed by atoms with Crippen LogP contribution in [-0.2, 0) is 7.05 Å². The molecule has 5 aromatic rings. The zero-order valence-electron chi connectivity index (χ0n) is 20.1. The normalized spacial score (nSPS) is 12.2. The van der Waals surface area contributed by atoms with Gasteiger partial charge >= 0.3 is 0 Å². The fourth-order valence-electron chi connectivity index (χ4n) is 4.21. The molecule has 4 aromatic heterocycles. The third-order valence-electron chi connectivity index (χ3n) is 5.89. The van der Waals surface area contributed by atoms with E-state index in [1.54, 1.807) is 36.1 Å². The Labute approximate surface area is 206 Å². The minimum absolute atomic E-state index is 0.0546. The van der Waals surface area contributed by atoms with Crippen LogP contribution in [0, 0.1) is 0 Å². The Kier molecular flexibility index (Phi) is 6.21. The molecule has 184 valence electrons. The molecule has 0 saturated heterocycles. The summed E-state index contributed by atoms with van der Waals surface area (Å²) >= 11 is 0. The maximum Gasteiger partial charge on any atom is 0.275 e. The Morgan fingerprint density at radius 2 is 1.92 bits per heavy atom. The van der Waals surface area contributed by atoms with Gasteiger partial charge in [0.25, 0.3) is 11.4 Å². The zero-order valence-corrected chi connectivity index (χ0v) is 20.1. The highest BCUT2D eigenvalue weighted by Gasteiger charge is 2.18. The number of aliphatic hydroxyl groups is 1. The smallest absolute Gasteiger partial charge is 0.275 e. The van der Waals surface area contributed by atoms with Gasteiger partial charge in [-0.3, -0.25) is 14.2 Å². The average Bonchev–Trinajstić information content (AvgIpc) is 3.50. The van der Waals surface area contributed by atoms with E-state index in [0.717, 1.165) is 5.56 Å². The predicted molar refractivity (Wildman–Crippen MR) is 136 cm³/mol. The van der Waals surface area contributed by atoms with E-state index in [0.29, 0.717) is 39.8 Å². The largest absolute Gasteiger partial charge is 0.423 e. The van der Waals surface area contributed by atoms with Gasteiger partial charge in [0.15, 0.2) is 5.65 Å². The summed E-state index contributed by atoms with van der Waals surface area (Å²) in [7, 11) is 1.73. The first-order valence-corrected chi connectivity index (χ1v) is 11.5. The second-order valence-electron chi connectivity index (χ2n) is 8.61. The monoisotopic (exact) mass is 486 g/mol. The van der Waals surface area contributed by atoms with Crippen LogP contribution in [0.5, 0.6) is 0 Å². The van der Waals surface area contributed by atoms with E-state index < -0.39 is 0 Å². The van der Waals surface area contributed by atoms with Gasteiger partial charge in [0.05, 0.1) is 29.3 Å². The molecular formula is C25H26N8O3. The Hall–Kier alpha value is -4.51. The first-order chi connectivity index (χ1) is 17.5. The number of rotatable bonds is 8. The van der Waals surface area contributed by atoms with Crippen LogP contribution in [0.15, 0.2) is 70.3 Å². The van der Waals surface area contributed by atoms with E-state index in [1.807, 2.05) is 48.9 Å². The topological polar surface area (TPSA) is 136 Å². The van der Waals surface area contributed by atoms with Crippen LogP contribution >= 0.6 is 0 Å². The summed E-state index contributed by atoms with van der Waals surface area (Å²) in [6.07, 6.45) is 2.86. The lowest BCUT2D eigenvalue weighted by Crippen LogP contribution is -2.20. The van der Waals surface area contributed by atoms with Crippen molar-refractivity contribution in [3.8, 4) is 11.5 Å². The number of pyridine rings is 2. The summed E-state index contributed by atoms with van der Waals surface area (Å²) in [5, 5.41) is 25.0. The van der Waals surface area contributed by atoms with Gasteiger partial charge in [-0.15, -0.1) is 10.2 Å². The predicted octanol–water partition coefficient (Wildman–Crippen LogP) is 3.65. The molecule has 0 unspecified atom stereocenters. The lowest BCUT2D eigenvalue weighted by molar-refractivity contribution is 0.276. The fraction of sp³-hybridized carbons (Fsp3) is 0.240. The molecule has 0 bridgehead atoms. The third kappa shape index (κ3) is 4.31. The van der Waals surface area contributed by atoms with Crippen LogP contribution in [0.4, 0.5) is 17.3 Å². The molecule has 0 saturated carbocycles. The first-order valence-electron chi connectivity index (χ1n) is 11.5. The molecule has 0 aliphatic rings.